The Balaban J connectivity index is 2.34. The van der Waals surface area contributed by atoms with E-state index in [1.54, 1.807) is 24.3 Å². The van der Waals surface area contributed by atoms with Crippen LogP contribution in [0.25, 0.3) is 0 Å². The maximum absolute atomic E-state index is 11.9. The Labute approximate surface area is 127 Å². The number of benzene rings is 1. The van der Waals surface area contributed by atoms with Crippen LogP contribution in [0.4, 0.5) is 0 Å². The Hall–Kier alpha value is -1.55. The molecule has 0 N–H and O–H groups in total. The number of hydrogen-bond donors (Lipinski definition) is 0. The second kappa shape index (κ2) is 10.2. The van der Waals surface area contributed by atoms with Gasteiger partial charge in [-0.3, -0.25) is 4.89 Å². The van der Waals surface area contributed by atoms with Crippen molar-refractivity contribution in [3.63, 3.8) is 0 Å². The Kier molecular flexibility index (Phi) is 8.51. The van der Waals surface area contributed by atoms with E-state index < -0.39 is 5.97 Å². The van der Waals surface area contributed by atoms with Crippen LogP contribution in [-0.2, 0) is 9.78 Å². The molecule has 0 aromatic heterocycles. The highest BCUT2D eigenvalue weighted by atomic mass is 17.2. The molecule has 0 aliphatic rings. The van der Waals surface area contributed by atoms with Crippen LogP contribution >= 0.6 is 0 Å². The first kappa shape index (κ1) is 17.5. The summed E-state index contributed by atoms with van der Waals surface area (Å²) in [5.74, 6) is 0.163. The van der Waals surface area contributed by atoms with Gasteiger partial charge < -0.3 is 4.74 Å². The molecular formula is C17H26O4. The molecule has 0 saturated heterocycles. The standard InChI is InChI=1S/C17H26O4/c1-4-6-7-8-10-14(3)20-21-17(18)15-11-9-12-16(13-15)19-5-2/h9,11-14H,4-8,10H2,1-3H3. The molecule has 0 aliphatic heterocycles. The summed E-state index contributed by atoms with van der Waals surface area (Å²) in [6, 6.07) is 6.90. The fourth-order valence-electron chi connectivity index (χ4n) is 1.96. The second-order valence-corrected chi connectivity index (χ2v) is 5.09. The van der Waals surface area contributed by atoms with E-state index in [-0.39, 0.29) is 6.10 Å². The summed E-state index contributed by atoms with van der Waals surface area (Å²) in [6.45, 7) is 6.55. The summed E-state index contributed by atoms with van der Waals surface area (Å²) in [7, 11) is 0. The van der Waals surface area contributed by atoms with Crippen molar-refractivity contribution >= 4 is 5.97 Å². The molecule has 1 unspecified atom stereocenters. The van der Waals surface area contributed by atoms with Crippen molar-refractivity contribution in [2.75, 3.05) is 6.61 Å². The van der Waals surface area contributed by atoms with Crippen molar-refractivity contribution in [2.24, 2.45) is 0 Å². The molecule has 0 heterocycles. The quantitative estimate of drug-likeness (QED) is 0.361. The highest BCUT2D eigenvalue weighted by Crippen LogP contribution is 2.15. The Morgan fingerprint density at radius 2 is 2.00 bits per heavy atom. The van der Waals surface area contributed by atoms with Gasteiger partial charge in [0.1, 0.15) is 11.9 Å². The van der Waals surface area contributed by atoms with E-state index in [0.717, 1.165) is 12.8 Å². The monoisotopic (exact) mass is 294 g/mol. The maximum Gasteiger partial charge on any atom is 0.373 e. The first-order valence-electron chi connectivity index (χ1n) is 7.77. The van der Waals surface area contributed by atoms with Gasteiger partial charge in [0.2, 0.25) is 0 Å². The number of hydrogen-bond acceptors (Lipinski definition) is 4. The molecule has 0 saturated carbocycles. The molecule has 0 amide bonds. The van der Waals surface area contributed by atoms with E-state index in [4.69, 9.17) is 14.5 Å². The molecule has 1 aromatic carbocycles. The number of unbranched alkanes of at least 4 members (excludes halogenated alkanes) is 3. The van der Waals surface area contributed by atoms with Crippen molar-refractivity contribution in [1.82, 2.24) is 0 Å². The van der Waals surface area contributed by atoms with E-state index in [2.05, 4.69) is 6.92 Å². The Morgan fingerprint density at radius 3 is 2.71 bits per heavy atom. The number of carbonyl (C=O) groups is 1. The van der Waals surface area contributed by atoms with E-state index >= 15 is 0 Å². The van der Waals surface area contributed by atoms with Crippen molar-refractivity contribution < 1.29 is 19.3 Å². The molecule has 0 bridgehead atoms. The average Bonchev–Trinajstić information content (AvgIpc) is 2.50. The second-order valence-electron chi connectivity index (χ2n) is 5.09. The molecule has 1 rings (SSSR count). The first-order valence-corrected chi connectivity index (χ1v) is 7.77. The van der Waals surface area contributed by atoms with Gasteiger partial charge in [-0.1, -0.05) is 38.7 Å². The van der Waals surface area contributed by atoms with Crippen LogP contribution in [0.15, 0.2) is 24.3 Å². The third-order valence-corrected chi connectivity index (χ3v) is 3.13. The van der Waals surface area contributed by atoms with Gasteiger partial charge in [-0.15, -0.1) is 0 Å². The summed E-state index contributed by atoms with van der Waals surface area (Å²) in [5.41, 5.74) is 0.430. The minimum Gasteiger partial charge on any atom is -0.494 e. The topological polar surface area (TPSA) is 44.8 Å². The molecule has 4 heteroatoms. The van der Waals surface area contributed by atoms with Crippen molar-refractivity contribution in [2.45, 2.75) is 59.0 Å². The number of rotatable bonds is 10. The van der Waals surface area contributed by atoms with Crippen LogP contribution in [0.1, 0.15) is 63.2 Å². The summed E-state index contributed by atoms with van der Waals surface area (Å²) in [4.78, 5) is 21.9. The largest absolute Gasteiger partial charge is 0.494 e. The predicted molar refractivity (Wildman–Crippen MR) is 82.3 cm³/mol. The van der Waals surface area contributed by atoms with Gasteiger partial charge in [0, 0.05) is 0 Å². The zero-order valence-electron chi connectivity index (χ0n) is 13.3. The van der Waals surface area contributed by atoms with Gasteiger partial charge in [-0.2, -0.15) is 4.89 Å². The third kappa shape index (κ3) is 7.14. The number of ether oxygens (including phenoxy) is 1. The average molecular weight is 294 g/mol. The van der Waals surface area contributed by atoms with Gasteiger partial charge in [0.25, 0.3) is 0 Å². The fourth-order valence-corrected chi connectivity index (χ4v) is 1.96. The normalized spacial score (nSPS) is 12.0. The molecule has 0 fully saturated rings. The predicted octanol–water partition coefficient (Wildman–Crippen LogP) is 4.53. The van der Waals surface area contributed by atoms with Crippen LogP contribution in [0.2, 0.25) is 0 Å². The van der Waals surface area contributed by atoms with Gasteiger partial charge in [0.05, 0.1) is 12.2 Å². The smallest absolute Gasteiger partial charge is 0.373 e. The minimum absolute atomic E-state index is 0.0825. The summed E-state index contributed by atoms with van der Waals surface area (Å²) in [5, 5.41) is 0. The fraction of sp³-hybridized carbons (Fsp3) is 0.588. The van der Waals surface area contributed by atoms with Gasteiger partial charge in [0.15, 0.2) is 0 Å². The molecule has 1 atom stereocenters. The molecule has 0 aliphatic carbocycles. The van der Waals surface area contributed by atoms with Crippen LogP contribution in [-0.4, -0.2) is 18.7 Å². The van der Waals surface area contributed by atoms with Gasteiger partial charge >= 0.3 is 5.97 Å². The molecule has 1 aromatic rings. The Morgan fingerprint density at radius 1 is 1.19 bits per heavy atom. The van der Waals surface area contributed by atoms with E-state index in [9.17, 15) is 4.79 Å². The Bertz CT molecular complexity index is 417. The highest BCUT2D eigenvalue weighted by Gasteiger charge is 2.12. The molecule has 0 radical (unpaired) electrons. The maximum atomic E-state index is 11.9. The lowest BCUT2D eigenvalue weighted by molar-refractivity contribution is -0.271. The van der Waals surface area contributed by atoms with Crippen LogP contribution < -0.4 is 4.74 Å². The molecule has 21 heavy (non-hydrogen) atoms. The van der Waals surface area contributed by atoms with Crippen LogP contribution in [0, 0.1) is 0 Å². The SMILES string of the molecule is CCCCCCC(C)OOC(=O)c1cccc(OCC)c1. The van der Waals surface area contributed by atoms with Crippen LogP contribution in [0.5, 0.6) is 5.75 Å². The lowest BCUT2D eigenvalue weighted by atomic mass is 10.1. The summed E-state index contributed by atoms with van der Waals surface area (Å²) < 4.78 is 5.35. The van der Waals surface area contributed by atoms with Crippen molar-refractivity contribution in [3.05, 3.63) is 29.8 Å². The molecular weight excluding hydrogens is 268 g/mol. The lowest BCUT2D eigenvalue weighted by Gasteiger charge is -2.11. The first-order chi connectivity index (χ1) is 10.2. The van der Waals surface area contributed by atoms with E-state index in [0.29, 0.717) is 17.9 Å². The number of carbonyl (C=O) groups excluding carboxylic acids is 1. The van der Waals surface area contributed by atoms with Crippen molar-refractivity contribution in [1.29, 1.82) is 0 Å². The highest BCUT2D eigenvalue weighted by molar-refractivity contribution is 5.89. The molecule has 118 valence electrons. The van der Waals surface area contributed by atoms with Crippen molar-refractivity contribution in [3.8, 4) is 5.75 Å². The molecule has 0 spiro atoms. The zero-order chi connectivity index (χ0) is 15.5. The zero-order valence-corrected chi connectivity index (χ0v) is 13.3. The summed E-state index contributed by atoms with van der Waals surface area (Å²) >= 11 is 0. The lowest BCUT2D eigenvalue weighted by Crippen LogP contribution is -2.13. The molecule has 4 nitrogen and oxygen atoms in total. The van der Waals surface area contributed by atoms with Gasteiger partial charge in [-0.25, -0.2) is 4.79 Å². The third-order valence-electron chi connectivity index (χ3n) is 3.13. The van der Waals surface area contributed by atoms with E-state index in [1.165, 1.54) is 19.3 Å². The minimum atomic E-state index is -0.489. The summed E-state index contributed by atoms with van der Waals surface area (Å²) in [6.07, 6.45) is 5.53. The van der Waals surface area contributed by atoms with Crippen LogP contribution in [0.3, 0.4) is 0 Å². The van der Waals surface area contributed by atoms with Gasteiger partial charge in [-0.05, 0) is 38.5 Å². The van der Waals surface area contributed by atoms with E-state index in [1.807, 2.05) is 13.8 Å².